The molecule has 0 spiro atoms. The van der Waals surface area contributed by atoms with E-state index in [2.05, 4.69) is 9.88 Å². The first kappa shape index (κ1) is 16.4. The van der Waals surface area contributed by atoms with E-state index in [0.717, 1.165) is 11.4 Å². The Morgan fingerprint density at radius 3 is 2.96 bits per heavy atom. The molecular weight excluding hydrogens is 309 g/mol. The number of carbonyl (C=O) groups is 1. The van der Waals surface area contributed by atoms with Crippen LogP contribution in [-0.2, 0) is 11.3 Å². The molecule has 5 nitrogen and oxygen atoms in total. The standard InChI is InChI=1S/C18H20FN3O2/c1-24-11-10-21-8-9-22(13-15-5-3-7-20-17(15)21)18(23)14-4-2-6-16(19)12-14/h2-7,12H,8-11,13H2,1H3. The van der Waals surface area contributed by atoms with E-state index in [1.54, 1.807) is 30.3 Å². The summed E-state index contributed by atoms with van der Waals surface area (Å²) in [7, 11) is 1.66. The number of rotatable bonds is 4. The number of methoxy groups -OCH3 is 1. The van der Waals surface area contributed by atoms with E-state index < -0.39 is 5.82 Å². The van der Waals surface area contributed by atoms with E-state index in [1.807, 2.05) is 12.1 Å². The SMILES string of the molecule is COCCN1CCN(C(=O)c2cccc(F)c2)Cc2cccnc21. The molecule has 0 atom stereocenters. The van der Waals surface area contributed by atoms with Gasteiger partial charge in [-0.15, -0.1) is 0 Å². The molecule has 0 N–H and O–H groups in total. The van der Waals surface area contributed by atoms with Crippen molar-refractivity contribution in [2.45, 2.75) is 6.54 Å². The maximum atomic E-state index is 13.4. The normalized spacial score (nSPS) is 14.2. The molecule has 126 valence electrons. The van der Waals surface area contributed by atoms with E-state index in [-0.39, 0.29) is 5.91 Å². The van der Waals surface area contributed by atoms with Crippen LogP contribution in [0.25, 0.3) is 0 Å². The minimum Gasteiger partial charge on any atom is -0.383 e. The third-order valence-corrected chi connectivity index (χ3v) is 4.09. The maximum Gasteiger partial charge on any atom is 0.254 e. The van der Waals surface area contributed by atoms with E-state index >= 15 is 0 Å². The number of aromatic nitrogens is 1. The van der Waals surface area contributed by atoms with Gasteiger partial charge in [-0.3, -0.25) is 4.79 Å². The zero-order valence-electron chi connectivity index (χ0n) is 13.6. The van der Waals surface area contributed by atoms with Gasteiger partial charge >= 0.3 is 0 Å². The predicted octanol–water partition coefficient (Wildman–Crippen LogP) is 2.33. The maximum absolute atomic E-state index is 13.4. The molecule has 6 heteroatoms. The van der Waals surface area contributed by atoms with E-state index in [0.29, 0.717) is 38.3 Å². The fraction of sp³-hybridized carbons (Fsp3) is 0.333. The van der Waals surface area contributed by atoms with Crippen LogP contribution in [0.15, 0.2) is 42.6 Å². The Bertz CT molecular complexity index is 723. The lowest BCUT2D eigenvalue weighted by molar-refractivity contribution is 0.0750. The number of ether oxygens (including phenoxy) is 1. The number of anilines is 1. The quantitative estimate of drug-likeness (QED) is 0.864. The number of hydrogen-bond acceptors (Lipinski definition) is 4. The summed E-state index contributed by atoms with van der Waals surface area (Å²) >= 11 is 0. The molecule has 2 aromatic rings. The molecule has 0 unspecified atom stereocenters. The van der Waals surface area contributed by atoms with Gasteiger partial charge < -0.3 is 14.5 Å². The Kier molecular flexibility index (Phi) is 5.05. The average Bonchev–Trinajstić information content (AvgIpc) is 2.79. The van der Waals surface area contributed by atoms with Crippen LogP contribution in [0.3, 0.4) is 0 Å². The van der Waals surface area contributed by atoms with Crippen LogP contribution in [0, 0.1) is 5.82 Å². The molecule has 0 bridgehead atoms. The minimum absolute atomic E-state index is 0.169. The first-order valence-electron chi connectivity index (χ1n) is 7.91. The summed E-state index contributed by atoms with van der Waals surface area (Å²) in [5, 5.41) is 0. The summed E-state index contributed by atoms with van der Waals surface area (Å²) < 4.78 is 18.6. The van der Waals surface area contributed by atoms with Crippen molar-refractivity contribution in [2.24, 2.45) is 0 Å². The summed E-state index contributed by atoms with van der Waals surface area (Å²) in [6, 6.07) is 9.65. The molecule has 2 heterocycles. The lowest BCUT2D eigenvalue weighted by Gasteiger charge is -2.23. The Morgan fingerprint density at radius 1 is 1.29 bits per heavy atom. The third-order valence-electron chi connectivity index (χ3n) is 4.09. The lowest BCUT2D eigenvalue weighted by Crippen LogP contribution is -2.36. The van der Waals surface area contributed by atoms with Gasteiger partial charge in [0.25, 0.3) is 5.91 Å². The van der Waals surface area contributed by atoms with Crippen molar-refractivity contribution < 1.29 is 13.9 Å². The molecule has 0 saturated carbocycles. The molecule has 0 fully saturated rings. The Labute approximate surface area is 140 Å². The van der Waals surface area contributed by atoms with Crippen molar-refractivity contribution in [1.29, 1.82) is 0 Å². The van der Waals surface area contributed by atoms with Gasteiger partial charge in [0, 0.05) is 50.6 Å². The highest BCUT2D eigenvalue weighted by atomic mass is 19.1. The topological polar surface area (TPSA) is 45.7 Å². The van der Waals surface area contributed by atoms with Crippen LogP contribution in [0.5, 0.6) is 0 Å². The molecule has 24 heavy (non-hydrogen) atoms. The molecule has 0 aliphatic carbocycles. The summed E-state index contributed by atoms with van der Waals surface area (Å²) in [6.07, 6.45) is 1.75. The van der Waals surface area contributed by atoms with Crippen LogP contribution in [0.2, 0.25) is 0 Å². The highest BCUT2D eigenvalue weighted by molar-refractivity contribution is 5.94. The smallest absolute Gasteiger partial charge is 0.254 e. The largest absolute Gasteiger partial charge is 0.383 e. The van der Waals surface area contributed by atoms with Gasteiger partial charge in [0.15, 0.2) is 0 Å². The van der Waals surface area contributed by atoms with Crippen molar-refractivity contribution >= 4 is 11.7 Å². The van der Waals surface area contributed by atoms with Gasteiger partial charge in [-0.2, -0.15) is 0 Å². The molecule has 0 radical (unpaired) electrons. The summed E-state index contributed by atoms with van der Waals surface area (Å²) in [6.45, 7) is 2.97. The number of pyridine rings is 1. The van der Waals surface area contributed by atoms with Crippen molar-refractivity contribution in [2.75, 3.05) is 38.3 Å². The second-order valence-corrected chi connectivity index (χ2v) is 5.70. The van der Waals surface area contributed by atoms with E-state index in [4.69, 9.17) is 4.74 Å². The van der Waals surface area contributed by atoms with Crippen LogP contribution in [0.4, 0.5) is 10.2 Å². The molecule has 1 aromatic heterocycles. The van der Waals surface area contributed by atoms with Crippen LogP contribution >= 0.6 is 0 Å². The molecular formula is C18H20FN3O2. The fourth-order valence-corrected chi connectivity index (χ4v) is 2.87. The highest BCUT2D eigenvalue weighted by Crippen LogP contribution is 2.23. The summed E-state index contributed by atoms with van der Waals surface area (Å²) in [4.78, 5) is 21.1. The number of hydrogen-bond donors (Lipinski definition) is 0. The number of nitrogens with zero attached hydrogens (tertiary/aromatic N) is 3. The van der Waals surface area contributed by atoms with Crippen molar-refractivity contribution in [3.63, 3.8) is 0 Å². The minimum atomic E-state index is -0.403. The third kappa shape index (κ3) is 3.54. The second kappa shape index (κ2) is 7.40. The molecule has 3 rings (SSSR count). The fourth-order valence-electron chi connectivity index (χ4n) is 2.87. The molecule has 1 amide bonds. The first-order valence-corrected chi connectivity index (χ1v) is 7.91. The monoisotopic (exact) mass is 329 g/mol. The molecule has 1 aliphatic rings. The number of carbonyl (C=O) groups excluding carboxylic acids is 1. The van der Waals surface area contributed by atoms with Gasteiger partial charge in [0.2, 0.25) is 0 Å². The summed E-state index contributed by atoms with van der Waals surface area (Å²) in [5.41, 5.74) is 1.35. The average molecular weight is 329 g/mol. The molecule has 0 saturated heterocycles. The van der Waals surface area contributed by atoms with Crippen molar-refractivity contribution in [3.05, 3.63) is 59.5 Å². The van der Waals surface area contributed by atoms with Crippen LogP contribution in [-0.4, -0.2) is 49.1 Å². The molecule has 1 aromatic carbocycles. The predicted molar refractivity (Wildman–Crippen MR) is 89.5 cm³/mol. The van der Waals surface area contributed by atoms with Crippen LogP contribution in [0.1, 0.15) is 15.9 Å². The lowest BCUT2D eigenvalue weighted by atomic mass is 10.1. The Morgan fingerprint density at radius 2 is 2.17 bits per heavy atom. The second-order valence-electron chi connectivity index (χ2n) is 5.70. The van der Waals surface area contributed by atoms with Gasteiger partial charge in [-0.25, -0.2) is 9.37 Å². The van der Waals surface area contributed by atoms with Crippen molar-refractivity contribution in [1.82, 2.24) is 9.88 Å². The van der Waals surface area contributed by atoms with Gasteiger partial charge in [0.1, 0.15) is 11.6 Å². The van der Waals surface area contributed by atoms with Crippen LogP contribution < -0.4 is 4.90 Å². The highest BCUT2D eigenvalue weighted by Gasteiger charge is 2.24. The van der Waals surface area contributed by atoms with Gasteiger partial charge in [0.05, 0.1) is 6.61 Å². The van der Waals surface area contributed by atoms with Crippen molar-refractivity contribution in [3.8, 4) is 0 Å². The zero-order valence-corrected chi connectivity index (χ0v) is 13.6. The number of benzene rings is 1. The van der Waals surface area contributed by atoms with E-state index in [9.17, 15) is 9.18 Å². The number of amides is 1. The van der Waals surface area contributed by atoms with Gasteiger partial charge in [-0.05, 0) is 24.3 Å². The Hall–Kier alpha value is -2.47. The van der Waals surface area contributed by atoms with E-state index in [1.165, 1.54) is 12.1 Å². The molecule has 1 aliphatic heterocycles. The number of fused-ring (bicyclic) bond motifs is 1. The zero-order chi connectivity index (χ0) is 16.9. The van der Waals surface area contributed by atoms with Gasteiger partial charge in [-0.1, -0.05) is 12.1 Å². The first-order chi connectivity index (χ1) is 11.7. The number of halogens is 1. The summed E-state index contributed by atoms with van der Waals surface area (Å²) in [5.74, 6) is 0.307. The Balaban J connectivity index is 1.84.